The van der Waals surface area contributed by atoms with Gasteiger partial charge in [-0.05, 0) is 13.1 Å². The van der Waals surface area contributed by atoms with E-state index in [2.05, 4.69) is 16.6 Å². The predicted molar refractivity (Wildman–Crippen MR) is 39.5 cm³/mol. The maximum absolute atomic E-state index is 10.5. The molecule has 0 aliphatic heterocycles. The molecule has 0 atom stereocenters. The van der Waals surface area contributed by atoms with Crippen LogP contribution in [0.3, 0.4) is 0 Å². The number of nitrogens with one attached hydrogen (secondary N) is 1. The van der Waals surface area contributed by atoms with Crippen molar-refractivity contribution in [1.29, 1.82) is 0 Å². The Labute approximate surface area is 60.4 Å². The number of alkyl carbamates (subject to hydrolysis) is 1. The van der Waals surface area contributed by atoms with E-state index in [-0.39, 0.29) is 0 Å². The lowest BCUT2D eigenvalue weighted by Crippen LogP contribution is -2.17. The minimum atomic E-state index is -0.479. The third kappa shape index (κ3) is 4.90. The molecule has 0 aliphatic rings. The van der Waals surface area contributed by atoms with Crippen molar-refractivity contribution in [3.8, 4) is 0 Å². The SMILES string of the molecule is C=CNC(=O)OCC=CC. The summed E-state index contributed by atoms with van der Waals surface area (Å²) < 4.78 is 4.61. The fourth-order valence-electron chi connectivity index (χ4n) is 0.345. The van der Waals surface area contributed by atoms with E-state index in [1.807, 2.05) is 6.92 Å². The van der Waals surface area contributed by atoms with Crippen molar-refractivity contribution in [2.45, 2.75) is 6.92 Å². The highest BCUT2D eigenvalue weighted by molar-refractivity contribution is 5.68. The molecule has 3 heteroatoms. The van der Waals surface area contributed by atoms with Gasteiger partial charge in [0.25, 0.3) is 0 Å². The number of hydrogen-bond acceptors (Lipinski definition) is 2. The smallest absolute Gasteiger partial charge is 0.411 e. The van der Waals surface area contributed by atoms with Gasteiger partial charge in [0.05, 0.1) is 0 Å². The number of ether oxygens (including phenoxy) is 1. The molecule has 0 fully saturated rings. The first kappa shape index (κ1) is 8.75. The first-order chi connectivity index (χ1) is 4.81. The normalized spacial score (nSPS) is 9.30. The Morgan fingerprint density at radius 1 is 1.80 bits per heavy atom. The minimum absolute atomic E-state index is 0.302. The zero-order chi connectivity index (χ0) is 7.82. The van der Waals surface area contributed by atoms with E-state index in [1.165, 1.54) is 6.20 Å². The number of carbonyl (C=O) groups excluding carboxylic acids is 1. The monoisotopic (exact) mass is 141 g/mol. The number of amides is 1. The maximum Gasteiger partial charge on any atom is 0.411 e. The van der Waals surface area contributed by atoms with Crippen molar-refractivity contribution in [2.75, 3.05) is 6.61 Å². The number of carbonyl (C=O) groups is 1. The van der Waals surface area contributed by atoms with Gasteiger partial charge in [0.2, 0.25) is 0 Å². The molecule has 56 valence electrons. The summed E-state index contributed by atoms with van der Waals surface area (Å²) in [6.07, 6.45) is 4.34. The summed E-state index contributed by atoms with van der Waals surface area (Å²) in [6.45, 7) is 5.46. The lowest BCUT2D eigenvalue weighted by Gasteiger charge is -1.98. The third-order valence-electron chi connectivity index (χ3n) is 0.766. The van der Waals surface area contributed by atoms with Crippen molar-refractivity contribution >= 4 is 6.09 Å². The molecule has 0 heterocycles. The second-order valence-corrected chi connectivity index (χ2v) is 1.52. The van der Waals surface area contributed by atoms with Crippen LogP contribution in [-0.4, -0.2) is 12.7 Å². The predicted octanol–water partition coefficient (Wildman–Crippen LogP) is 1.43. The van der Waals surface area contributed by atoms with E-state index in [1.54, 1.807) is 12.2 Å². The number of allylic oxidation sites excluding steroid dienone is 1. The summed E-state index contributed by atoms with van der Waals surface area (Å²) in [7, 11) is 0. The van der Waals surface area contributed by atoms with Gasteiger partial charge in [-0.15, -0.1) is 0 Å². The van der Waals surface area contributed by atoms with Crippen molar-refractivity contribution in [1.82, 2.24) is 5.32 Å². The molecule has 1 N–H and O–H groups in total. The molecule has 0 bridgehead atoms. The molecule has 0 aromatic carbocycles. The molecule has 0 aromatic rings. The summed E-state index contributed by atoms with van der Waals surface area (Å²) in [6, 6.07) is 0. The average molecular weight is 141 g/mol. The first-order valence-electron chi connectivity index (χ1n) is 2.96. The van der Waals surface area contributed by atoms with Gasteiger partial charge in [0.1, 0.15) is 6.61 Å². The summed E-state index contributed by atoms with van der Waals surface area (Å²) >= 11 is 0. The molecule has 3 nitrogen and oxygen atoms in total. The van der Waals surface area contributed by atoms with Crippen LogP contribution in [0.15, 0.2) is 24.9 Å². The second kappa shape index (κ2) is 5.88. The van der Waals surface area contributed by atoms with Crippen LogP contribution in [0, 0.1) is 0 Å². The Bertz CT molecular complexity index is 141. The van der Waals surface area contributed by atoms with Crippen LogP contribution in [-0.2, 0) is 4.74 Å². The Morgan fingerprint density at radius 3 is 3.00 bits per heavy atom. The van der Waals surface area contributed by atoms with Gasteiger partial charge in [-0.3, -0.25) is 5.32 Å². The molecule has 0 aromatic heterocycles. The summed E-state index contributed by atoms with van der Waals surface area (Å²) in [5.74, 6) is 0. The quantitative estimate of drug-likeness (QED) is 0.604. The molecule has 0 spiro atoms. The maximum atomic E-state index is 10.5. The van der Waals surface area contributed by atoms with Gasteiger partial charge in [0.15, 0.2) is 0 Å². The third-order valence-corrected chi connectivity index (χ3v) is 0.766. The molecule has 0 radical (unpaired) electrons. The summed E-state index contributed by atoms with van der Waals surface area (Å²) in [5.41, 5.74) is 0. The van der Waals surface area contributed by atoms with Crippen LogP contribution in [0.2, 0.25) is 0 Å². The van der Waals surface area contributed by atoms with Crippen LogP contribution in [0.1, 0.15) is 6.92 Å². The van der Waals surface area contributed by atoms with Crippen LogP contribution >= 0.6 is 0 Å². The molecule has 0 rings (SSSR count). The van der Waals surface area contributed by atoms with Crippen LogP contribution in [0.25, 0.3) is 0 Å². The van der Waals surface area contributed by atoms with Crippen molar-refractivity contribution in [3.63, 3.8) is 0 Å². The van der Waals surface area contributed by atoms with Gasteiger partial charge in [-0.2, -0.15) is 0 Å². The zero-order valence-corrected chi connectivity index (χ0v) is 5.96. The molecule has 0 saturated heterocycles. The highest BCUT2D eigenvalue weighted by Crippen LogP contribution is 1.78. The van der Waals surface area contributed by atoms with E-state index in [0.29, 0.717) is 6.61 Å². The Hall–Kier alpha value is -1.25. The van der Waals surface area contributed by atoms with Gasteiger partial charge >= 0.3 is 6.09 Å². The van der Waals surface area contributed by atoms with Gasteiger partial charge in [0, 0.05) is 0 Å². The molecule has 0 unspecified atom stereocenters. The molecular formula is C7H11NO2. The van der Waals surface area contributed by atoms with Crippen LogP contribution in [0.4, 0.5) is 4.79 Å². The number of hydrogen-bond donors (Lipinski definition) is 1. The molecular weight excluding hydrogens is 130 g/mol. The highest BCUT2D eigenvalue weighted by Gasteiger charge is 1.92. The van der Waals surface area contributed by atoms with Crippen molar-refractivity contribution in [3.05, 3.63) is 24.9 Å². The standard InChI is InChI=1S/C7H11NO2/c1-3-5-6-10-7(9)8-4-2/h3-5H,2,6H2,1H3,(H,8,9). The van der Waals surface area contributed by atoms with Crippen molar-refractivity contribution < 1.29 is 9.53 Å². The minimum Gasteiger partial charge on any atom is -0.445 e. The average Bonchev–Trinajstić information content (AvgIpc) is 1.89. The van der Waals surface area contributed by atoms with Crippen molar-refractivity contribution in [2.24, 2.45) is 0 Å². The van der Waals surface area contributed by atoms with E-state index >= 15 is 0 Å². The van der Waals surface area contributed by atoms with Gasteiger partial charge < -0.3 is 4.74 Å². The summed E-state index contributed by atoms with van der Waals surface area (Å²) in [5, 5.41) is 2.27. The van der Waals surface area contributed by atoms with Gasteiger partial charge in [-0.1, -0.05) is 18.7 Å². The van der Waals surface area contributed by atoms with E-state index in [0.717, 1.165) is 0 Å². The van der Waals surface area contributed by atoms with Crippen LogP contribution in [0.5, 0.6) is 0 Å². The largest absolute Gasteiger partial charge is 0.445 e. The first-order valence-corrected chi connectivity index (χ1v) is 2.96. The van der Waals surface area contributed by atoms with E-state index < -0.39 is 6.09 Å². The lowest BCUT2D eigenvalue weighted by atomic mass is 10.6. The topological polar surface area (TPSA) is 38.3 Å². The Balaban J connectivity index is 3.30. The summed E-state index contributed by atoms with van der Waals surface area (Å²) in [4.78, 5) is 10.5. The molecule has 1 amide bonds. The van der Waals surface area contributed by atoms with E-state index in [4.69, 9.17) is 0 Å². The second-order valence-electron chi connectivity index (χ2n) is 1.52. The van der Waals surface area contributed by atoms with Gasteiger partial charge in [-0.25, -0.2) is 4.79 Å². The fraction of sp³-hybridized carbons (Fsp3) is 0.286. The van der Waals surface area contributed by atoms with Crippen LogP contribution < -0.4 is 5.32 Å². The highest BCUT2D eigenvalue weighted by atomic mass is 16.5. The Kier molecular flexibility index (Phi) is 5.14. The number of rotatable bonds is 3. The molecule has 0 aliphatic carbocycles. The van der Waals surface area contributed by atoms with E-state index in [9.17, 15) is 4.79 Å². The Morgan fingerprint density at radius 2 is 2.50 bits per heavy atom. The zero-order valence-electron chi connectivity index (χ0n) is 5.96. The molecule has 0 saturated carbocycles. The fourth-order valence-corrected chi connectivity index (χ4v) is 0.345. The lowest BCUT2D eigenvalue weighted by molar-refractivity contribution is 0.162. The molecule has 10 heavy (non-hydrogen) atoms.